The molecule has 28 heavy (non-hydrogen) atoms. The number of carbonyl (C=O) groups excluding carboxylic acids is 1. The summed E-state index contributed by atoms with van der Waals surface area (Å²) in [5, 5.41) is 21.7. The molecule has 0 fully saturated rings. The number of hydrogen-bond donors (Lipinski definition) is 3. The lowest BCUT2D eigenvalue weighted by molar-refractivity contribution is 0.158. The van der Waals surface area contributed by atoms with Gasteiger partial charge in [-0.1, -0.05) is 66.7 Å². The van der Waals surface area contributed by atoms with Crippen molar-refractivity contribution in [2.45, 2.75) is 19.1 Å². The van der Waals surface area contributed by atoms with Gasteiger partial charge in [0.2, 0.25) is 0 Å². The molecule has 3 aromatic rings. The van der Waals surface area contributed by atoms with Crippen LogP contribution in [-0.2, 0) is 18.0 Å². The molecule has 0 saturated carbocycles. The van der Waals surface area contributed by atoms with E-state index in [9.17, 15) is 15.0 Å². The van der Waals surface area contributed by atoms with Crippen LogP contribution in [0.5, 0.6) is 0 Å². The van der Waals surface area contributed by atoms with E-state index in [0.29, 0.717) is 16.8 Å². The van der Waals surface area contributed by atoms with E-state index in [1.165, 1.54) is 11.1 Å². The normalized spacial score (nSPS) is 12.4. The molecule has 0 bridgehead atoms. The lowest BCUT2D eigenvalue weighted by Gasteiger charge is -2.16. The Bertz CT molecular complexity index is 947. The number of aliphatic hydroxyl groups excluding tert-OH is 2. The average molecular weight is 375 g/mol. The third-order valence-electron chi connectivity index (χ3n) is 5.15. The Balaban J connectivity index is 1.52. The molecule has 3 aromatic carbocycles. The number of anilines is 1. The van der Waals surface area contributed by atoms with Gasteiger partial charge in [0.25, 0.3) is 0 Å². The molecule has 0 spiro atoms. The fourth-order valence-electron chi connectivity index (χ4n) is 3.81. The Morgan fingerprint density at radius 1 is 0.821 bits per heavy atom. The highest BCUT2D eigenvalue weighted by molar-refractivity contribution is 5.87. The smallest absolute Gasteiger partial charge is 0.411 e. The van der Waals surface area contributed by atoms with E-state index in [1.54, 1.807) is 18.2 Å². The Morgan fingerprint density at radius 2 is 1.36 bits per heavy atom. The maximum absolute atomic E-state index is 12.4. The topological polar surface area (TPSA) is 78.8 Å². The second-order valence-electron chi connectivity index (χ2n) is 6.72. The molecular weight excluding hydrogens is 354 g/mol. The first kappa shape index (κ1) is 18.2. The van der Waals surface area contributed by atoms with Gasteiger partial charge >= 0.3 is 6.09 Å². The number of carbonyl (C=O) groups is 1. The maximum Gasteiger partial charge on any atom is 0.411 e. The molecule has 5 heteroatoms. The molecule has 5 nitrogen and oxygen atoms in total. The first-order valence-corrected chi connectivity index (χ1v) is 9.17. The van der Waals surface area contributed by atoms with Crippen LogP contribution in [0.1, 0.15) is 28.2 Å². The van der Waals surface area contributed by atoms with Crippen LogP contribution in [0.25, 0.3) is 11.1 Å². The van der Waals surface area contributed by atoms with E-state index in [2.05, 4.69) is 29.6 Å². The van der Waals surface area contributed by atoms with Gasteiger partial charge in [0.1, 0.15) is 6.61 Å². The lowest BCUT2D eigenvalue weighted by Crippen LogP contribution is -2.19. The van der Waals surface area contributed by atoms with Crippen LogP contribution in [-0.4, -0.2) is 22.9 Å². The lowest BCUT2D eigenvalue weighted by atomic mass is 9.98. The summed E-state index contributed by atoms with van der Waals surface area (Å²) in [7, 11) is 0. The number of rotatable bonds is 5. The van der Waals surface area contributed by atoms with Crippen LogP contribution in [0.2, 0.25) is 0 Å². The molecule has 0 aromatic heterocycles. The maximum atomic E-state index is 12.4. The quantitative estimate of drug-likeness (QED) is 0.629. The summed E-state index contributed by atoms with van der Waals surface area (Å²) in [4.78, 5) is 12.4. The van der Waals surface area contributed by atoms with Gasteiger partial charge < -0.3 is 14.9 Å². The number of nitrogens with one attached hydrogen (secondary N) is 1. The monoisotopic (exact) mass is 375 g/mol. The largest absolute Gasteiger partial charge is 0.448 e. The van der Waals surface area contributed by atoms with E-state index in [1.807, 2.05) is 24.3 Å². The van der Waals surface area contributed by atoms with Gasteiger partial charge in [0.15, 0.2) is 0 Å². The molecule has 0 saturated heterocycles. The predicted molar refractivity (Wildman–Crippen MR) is 107 cm³/mol. The standard InChI is InChI=1S/C23H21NO4/c25-12-15-6-5-7-16(13-26)22(15)24-23(27)28-14-21-19-10-3-1-8-17(19)18-9-2-4-11-20(18)21/h1-11,21,25-26H,12-14H2,(H,24,27). The number of aliphatic hydroxyl groups is 2. The molecular formula is C23H21NO4. The van der Waals surface area contributed by atoms with Crippen molar-refractivity contribution in [1.82, 2.24) is 0 Å². The van der Waals surface area contributed by atoms with Gasteiger partial charge in [-0.25, -0.2) is 4.79 Å². The van der Waals surface area contributed by atoms with Crippen LogP contribution in [0.3, 0.4) is 0 Å². The molecule has 1 amide bonds. The Hall–Kier alpha value is -3.15. The van der Waals surface area contributed by atoms with Gasteiger partial charge in [0, 0.05) is 17.0 Å². The van der Waals surface area contributed by atoms with Crippen molar-refractivity contribution in [1.29, 1.82) is 0 Å². The second-order valence-corrected chi connectivity index (χ2v) is 6.72. The number of benzene rings is 3. The van der Waals surface area contributed by atoms with Crippen LogP contribution in [0.15, 0.2) is 66.7 Å². The van der Waals surface area contributed by atoms with Crippen molar-refractivity contribution in [2.24, 2.45) is 0 Å². The van der Waals surface area contributed by atoms with Crippen LogP contribution in [0.4, 0.5) is 10.5 Å². The van der Waals surface area contributed by atoms with Crippen molar-refractivity contribution < 1.29 is 19.7 Å². The molecule has 0 aliphatic heterocycles. The van der Waals surface area contributed by atoms with Gasteiger partial charge in [-0.05, 0) is 22.3 Å². The van der Waals surface area contributed by atoms with Crippen molar-refractivity contribution in [2.75, 3.05) is 11.9 Å². The SMILES string of the molecule is O=C(Nc1c(CO)cccc1CO)OCC1c2ccccc2-c2ccccc21. The molecule has 0 heterocycles. The second kappa shape index (κ2) is 7.84. The van der Waals surface area contributed by atoms with Gasteiger partial charge in [0.05, 0.1) is 18.9 Å². The van der Waals surface area contributed by atoms with Gasteiger partial charge in [-0.15, -0.1) is 0 Å². The summed E-state index contributed by atoms with van der Waals surface area (Å²) in [5.41, 5.74) is 6.07. The molecule has 4 rings (SSSR count). The van der Waals surface area contributed by atoms with Gasteiger partial charge in [-0.3, -0.25) is 5.32 Å². The molecule has 3 N–H and O–H groups in total. The van der Waals surface area contributed by atoms with Crippen LogP contribution in [0, 0.1) is 0 Å². The molecule has 0 unspecified atom stereocenters. The first-order chi connectivity index (χ1) is 13.7. The first-order valence-electron chi connectivity index (χ1n) is 9.17. The summed E-state index contributed by atoms with van der Waals surface area (Å²) in [5.74, 6) is -0.0245. The highest BCUT2D eigenvalue weighted by atomic mass is 16.5. The van der Waals surface area contributed by atoms with Crippen molar-refractivity contribution in [3.8, 4) is 11.1 Å². The zero-order valence-electron chi connectivity index (χ0n) is 15.3. The summed E-state index contributed by atoms with van der Waals surface area (Å²) >= 11 is 0. The van der Waals surface area contributed by atoms with E-state index in [0.717, 1.165) is 11.1 Å². The van der Waals surface area contributed by atoms with E-state index in [4.69, 9.17) is 4.74 Å². The van der Waals surface area contributed by atoms with E-state index >= 15 is 0 Å². The fraction of sp³-hybridized carbons (Fsp3) is 0.174. The Morgan fingerprint density at radius 3 is 1.89 bits per heavy atom. The number of ether oxygens (including phenoxy) is 1. The Labute approximate surface area is 163 Å². The average Bonchev–Trinajstić information content (AvgIpc) is 3.06. The zero-order chi connectivity index (χ0) is 19.5. The number of hydrogen-bond acceptors (Lipinski definition) is 4. The van der Waals surface area contributed by atoms with Crippen LogP contribution >= 0.6 is 0 Å². The number of amides is 1. The summed E-state index contributed by atoms with van der Waals surface area (Å²) in [6, 6.07) is 21.4. The minimum atomic E-state index is -0.613. The fourth-order valence-corrected chi connectivity index (χ4v) is 3.81. The minimum Gasteiger partial charge on any atom is -0.448 e. The van der Waals surface area contributed by atoms with E-state index < -0.39 is 6.09 Å². The summed E-state index contributed by atoms with van der Waals surface area (Å²) < 4.78 is 5.53. The van der Waals surface area contributed by atoms with Crippen molar-refractivity contribution >= 4 is 11.8 Å². The summed E-state index contributed by atoms with van der Waals surface area (Å²) in [6.45, 7) is -0.282. The number of para-hydroxylation sites is 1. The van der Waals surface area contributed by atoms with Crippen molar-refractivity contribution in [3.05, 3.63) is 89.0 Å². The molecule has 0 radical (unpaired) electrons. The predicted octanol–water partition coefficient (Wildman–Crippen LogP) is 4.03. The summed E-state index contributed by atoms with van der Waals surface area (Å²) in [6.07, 6.45) is -0.613. The highest BCUT2D eigenvalue weighted by Gasteiger charge is 2.29. The molecule has 1 aliphatic carbocycles. The van der Waals surface area contributed by atoms with E-state index in [-0.39, 0.29) is 25.7 Å². The van der Waals surface area contributed by atoms with Crippen LogP contribution < -0.4 is 5.32 Å². The molecule has 142 valence electrons. The zero-order valence-corrected chi connectivity index (χ0v) is 15.3. The Kier molecular flexibility index (Phi) is 5.10. The molecule has 1 aliphatic rings. The number of fused-ring (bicyclic) bond motifs is 3. The minimum absolute atomic E-state index is 0.0245. The van der Waals surface area contributed by atoms with Crippen molar-refractivity contribution in [3.63, 3.8) is 0 Å². The molecule has 0 atom stereocenters. The third-order valence-corrected chi connectivity index (χ3v) is 5.15. The highest BCUT2D eigenvalue weighted by Crippen LogP contribution is 2.44. The third kappa shape index (κ3) is 3.26. The van der Waals surface area contributed by atoms with Gasteiger partial charge in [-0.2, -0.15) is 0 Å².